The van der Waals surface area contributed by atoms with Crippen LogP contribution in [-0.4, -0.2) is 20.5 Å². The monoisotopic (exact) mass is 265 g/mol. The Labute approximate surface area is 112 Å². The zero-order valence-corrected chi connectivity index (χ0v) is 11.9. The average molecular weight is 265 g/mol. The fourth-order valence-electron chi connectivity index (χ4n) is 1.71. The van der Waals surface area contributed by atoms with E-state index in [1.165, 1.54) is 0 Å². The lowest BCUT2D eigenvalue weighted by atomic mass is 10.2. The van der Waals surface area contributed by atoms with Crippen LogP contribution in [-0.2, 0) is 6.54 Å². The second-order valence-electron chi connectivity index (χ2n) is 4.64. The molecular formula is C13H19N3OS. The van der Waals surface area contributed by atoms with Crippen LogP contribution in [0, 0.1) is 5.92 Å². The van der Waals surface area contributed by atoms with E-state index in [9.17, 15) is 0 Å². The van der Waals surface area contributed by atoms with Crippen LogP contribution in [0.25, 0.3) is 11.6 Å². The van der Waals surface area contributed by atoms with E-state index in [0.717, 1.165) is 35.5 Å². The Kier molecular flexibility index (Phi) is 4.47. The molecule has 0 atom stereocenters. The van der Waals surface area contributed by atoms with Crippen molar-refractivity contribution in [3.63, 3.8) is 0 Å². The molecule has 18 heavy (non-hydrogen) atoms. The number of hydrogen-bond acceptors (Lipinski definition) is 4. The molecule has 5 heteroatoms. The lowest BCUT2D eigenvalue weighted by Crippen LogP contribution is -2.07. The first kappa shape index (κ1) is 13.2. The molecule has 0 aliphatic carbocycles. The van der Waals surface area contributed by atoms with Crippen LogP contribution in [0.3, 0.4) is 0 Å². The van der Waals surface area contributed by atoms with Crippen molar-refractivity contribution in [3.8, 4) is 11.6 Å². The first-order valence-electron chi connectivity index (χ1n) is 6.32. The van der Waals surface area contributed by atoms with Crippen LogP contribution in [0.4, 0.5) is 0 Å². The van der Waals surface area contributed by atoms with E-state index >= 15 is 0 Å². The summed E-state index contributed by atoms with van der Waals surface area (Å²) in [5.74, 6) is 3.23. The highest BCUT2D eigenvalue weighted by Crippen LogP contribution is 2.25. The SMILES string of the molecule is CCCSc1nnc(-c2ccco2)n1CC(C)C. The largest absolute Gasteiger partial charge is 0.461 e. The molecule has 0 unspecified atom stereocenters. The molecule has 0 fully saturated rings. The lowest BCUT2D eigenvalue weighted by molar-refractivity contribution is 0.489. The van der Waals surface area contributed by atoms with Gasteiger partial charge >= 0.3 is 0 Å². The highest BCUT2D eigenvalue weighted by atomic mass is 32.2. The van der Waals surface area contributed by atoms with Crippen molar-refractivity contribution in [2.75, 3.05) is 5.75 Å². The molecule has 0 spiro atoms. The zero-order chi connectivity index (χ0) is 13.0. The lowest BCUT2D eigenvalue weighted by Gasteiger charge is -2.11. The Morgan fingerprint density at radius 3 is 2.83 bits per heavy atom. The van der Waals surface area contributed by atoms with Gasteiger partial charge in [0.25, 0.3) is 0 Å². The minimum absolute atomic E-state index is 0.552. The summed E-state index contributed by atoms with van der Waals surface area (Å²) in [4.78, 5) is 0. The van der Waals surface area contributed by atoms with Gasteiger partial charge in [-0.1, -0.05) is 32.5 Å². The van der Waals surface area contributed by atoms with Crippen molar-refractivity contribution in [1.29, 1.82) is 0 Å². The van der Waals surface area contributed by atoms with Gasteiger partial charge in [-0.15, -0.1) is 10.2 Å². The standard InChI is InChI=1S/C13H19N3OS/c1-4-8-18-13-15-14-12(11-6-5-7-17-11)16(13)9-10(2)3/h5-7,10H,4,8-9H2,1-3H3. The van der Waals surface area contributed by atoms with Crippen LogP contribution in [0.15, 0.2) is 28.0 Å². The molecular weight excluding hydrogens is 246 g/mol. The number of rotatable bonds is 6. The Morgan fingerprint density at radius 2 is 2.22 bits per heavy atom. The van der Waals surface area contributed by atoms with Crippen molar-refractivity contribution in [1.82, 2.24) is 14.8 Å². The molecule has 4 nitrogen and oxygen atoms in total. The molecule has 0 amide bonds. The Hall–Kier alpha value is -1.23. The quantitative estimate of drug-likeness (QED) is 0.747. The van der Waals surface area contributed by atoms with E-state index in [2.05, 4.69) is 35.5 Å². The first-order valence-corrected chi connectivity index (χ1v) is 7.30. The first-order chi connectivity index (χ1) is 8.72. The fourth-order valence-corrected chi connectivity index (χ4v) is 2.51. The number of furan rings is 1. The molecule has 2 aromatic heterocycles. The van der Waals surface area contributed by atoms with E-state index < -0.39 is 0 Å². The van der Waals surface area contributed by atoms with E-state index in [1.807, 2.05) is 12.1 Å². The number of thioether (sulfide) groups is 1. The van der Waals surface area contributed by atoms with Gasteiger partial charge in [0.15, 0.2) is 16.7 Å². The van der Waals surface area contributed by atoms with Crippen molar-refractivity contribution in [2.45, 2.75) is 38.9 Å². The summed E-state index contributed by atoms with van der Waals surface area (Å²) < 4.78 is 7.58. The normalized spacial score (nSPS) is 11.3. The Morgan fingerprint density at radius 1 is 1.39 bits per heavy atom. The maximum Gasteiger partial charge on any atom is 0.200 e. The predicted molar refractivity (Wildman–Crippen MR) is 73.6 cm³/mol. The molecule has 0 aliphatic rings. The summed E-state index contributed by atoms with van der Waals surface area (Å²) in [5.41, 5.74) is 0. The molecule has 2 rings (SSSR count). The van der Waals surface area contributed by atoms with Gasteiger partial charge < -0.3 is 4.42 Å². The smallest absolute Gasteiger partial charge is 0.200 e. The third kappa shape index (κ3) is 2.96. The highest BCUT2D eigenvalue weighted by Gasteiger charge is 2.16. The van der Waals surface area contributed by atoms with E-state index in [4.69, 9.17) is 4.42 Å². The van der Waals surface area contributed by atoms with E-state index in [1.54, 1.807) is 18.0 Å². The molecule has 98 valence electrons. The second-order valence-corrected chi connectivity index (χ2v) is 5.70. The predicted octanol–water partition coefficient (Wildman–Crippen LogP) is 3.70. The van der Waals surface area contributed by atoms with Crippen molar-refractivity contribution >= 4 is 11.8 Å². The second kappa shape index (κ2) is 6.09. The van der Waals surface area contributed by atoms with E-state index in [-0.39, 0.29) is 0 Å². The molecule has 2 heterocycles. The number of aromatic nitrogens is 3. The fraction of sp³-hybridized carbons (Fsp3) is 0.538. The Bertz CT molecular complexity index is 476. The maximum atomic E-state index is 5.43. The third-order valence-corrected chi connectivity index (χ3v) is 3.61. The summed E-state index contributed by atoms with van der Waals surface area (Å²) in [6, 6.07) is 3.80. The van der Waals surface area contributed by atoms with E-state index in [0.29, 0.717) is 5.92 Å². The maximum absolute atomic E-state index is 5.43. The molecule has 0 saturated carbocycles. The summed E-state index contributed by atoms with van der Waals surface area (Å²) in [6.45, 7) is 7.47. The molecule has 0 saturated heterocycles. The van der Waals surface area contributed by atoms with Crippen molar-refractivity contribution in [2.24, 2.45) is 5.92 Å². The number of nitrogens with zero attached hydrogens (tertiary/aromatic N) is 3. The molecule has 0 aromatic carbocycles. The van der Waals surface area contributed by atoms with Crippen LogP contribution in [0.1, 0.15) is 27.2 Å². The topological polar surface area (TPSA) is 43.9 Å². The van der Waals surface area contributed by atoms with Gasteiger partial charge in [-0.25, -0.2) is 0 Å². The van der Waals surface area contributed by atoms with Gasteiger partial charge in [-0.2, -0.15) is 0 Å². The van der Waals surface area contributed by atoms with Gasteiger partial charge in [0, 0.05) is 12.3 Å². The van der Waals surface area contributed by atoms with Gasteiger partial charge in [0.1, 0.15) is 0 Å². The minimum Gasteiger partial charge on any atom is -0.461 e. The van der Waals surface area contributed by atoms with Crippen LogP contribution in [0.2, 0.25) is 0 Å². The van der Waals surface area contributed by atoms with Crippen LogP contribution < -0.4 is 0 Å². The van der Waals surface area contributed by atoms with Gasteiger partial charge in [-0.3, -0.25) is 4.57 Å². The van der Waals surface area contributed by atoms with Gasteiger partial charge in [0.2, 0.25) is 0 Å². The minimum atomic E-state index is 0.552. The molecule has 2 aromatic rings. The van der Waals surface area contributed by atoms with Crippen LogP contribution >= 0.6 is 11.8 Å². The summed E-state index contributed by atoms with van der Waals surface area (Å²) in [5, 5.41) is 9.52. The average Bonchev–Trinajstić information content (AvgIpc) is 2.95. The summed E-state index contributed by atoms with van der Waals surface area (Å²) in [6.07, 6.45) is 2.80. The highest BCUT2D eigenvalue weighted by molar-refractivity contribution is 7.99. The summed E-state index contributed by atoms with van der Waals surface area (Å²) in [7, 11) is 0. The Balaban J connectivity index is 2.31. The van der Waals surface area contributed by atoms with Crippen molar-refractivity contribution < 1.29 is 4.42 Å². The molecule has 0 radical (unpaired) electrons. The molecule has 0 aliphatic heterocycles. The summed E-state index contributed by atoms with van der Waals surface area (Å²) >= 11 is 1.75. The van der Waals surface area contributed by atoms with Crippen LogP contribution in [0.5, 0.6) is 0 Å². The van der Waals surface area contributed by atoms with Gasteiger partial charge in [0.05, 0.1) is 6.26 Å². The third-order valence-electron chi connectivity index (χ3n) is 2.44. The zero-order valence-electron chi connectivity index (χ0n) is 11.1. The molecule has 0 bridgehead atoms. The van der Waals surface area contributed by atoms with Gasteiger partial charge in [-0.05, 0) is 24.5 Å². The van der Waals surface area contributed by atoms with Crippen molar-refractivity contribution in [3.05, 3.63) is 18.4 Å². The number of hydrogen-bond donors (Lipinski definition) is 0. The molecule has 0 N–H and O–H groups in total.